The number of hydrogen-bond acceptors (Lipinski definition) is 7. The van der Waals surface area contributed by atoms with Crippen LogP contribution in [0.4, 0.5) is 0 Å². The van der Waals surface area contributed by atoms with Gasteiger partial charge in [-0.2, -0.15) is 0 Å². The third-order valence-electron chi connectivity index (χ3n) is 5.75. The van der Waals surface area contributed by atoms with Crippen LogP contribution in [0, 0.1) is 5.41 Å². The van der Waals surface area contributed by atoms with Crippen LogP contribution in [0.3, 0.4) is 0 Å². The van der Waals surface area contributed by atoms with Crippen LogP contribution in [-0.4, -0.2) is 40.3 Å². The average molecular weight is 464 g/mol. The standard InChI is InChI=1S/C25H24N2O7/c1-25(2)20(34-22(30)17-11-7-4-8-12-17)18(15-32-21(29)16-9-5-3-6-10-16)33-23(25)27-14-13-19(28)26-24(27)31/h3-14,18,20,23H,15H2,1-2H3,(H,26,28,31)/t18-,20-,23-/m1/s1. The van der Waals surface area contributed by atoms with Gasteiger partial charge in [-0.3, -0.25) is 14.3 Å². The maximum Gasteiger partial charge on any atom is 0.338 e. The quantitative estimate of drug-likeness (QED) is 0.557. The number of nitrogens with zero attached hydrogens (tertiary/aromatic N) is 1. The molecule has 1 aliphatic rings. The zero-order valence-corrected chi connectivity index (χ0v) is 18.7. The van der Waals surface area contributed by atoms with Crippen molar-refractivity contribution in [2.45, 2.75) is 32.3 Å². The maximum atomic E-state index is 12.8. The van der Waals surface area contributed by atoms with Crippen LogP contribution in [-0.2, 0) is 14.2 Å². The summed E-state index contributed by atoms with van der Waals surface area (Å²) in [5, 5.41) is 0. The van der Waals surface area contributed by atoms with E-state index < -0.39 is 47.0 Å². The van der Waals surface area contributed by atoms with Gasteiger partial charge in [0.1, 0.15) is 25.0 Å². The fraction of sp³-hybridized carbons (Fsp3) is 0.280. The number of nitrogens with one attached hydrogen (secondary N) is 1. The van der Waals surface area contributed by atoms with Gasteiger partial charge in [-0.05, 0) is 24.3 Å². The molecule has 1 aromatic heterocycles. The second-order valence-corrected chi connectivity index (χ2v) is 8.52. The highest BCUT2D eigenvalue weighted by atomic mass is 16.6. The van der Waals surface area contributed by atoms with Crippen LogP contribution in [0.15, 0.2) is 82.5 Å². The molecule has 34 heavy (non-hydrogen) atoms. The largest absolute Gasteiger partial charge is 0.459 e. The number of aromatic amines is 1. The smallest absolute Gasteiger partial charge is 0.338 e. The molecule has 4 rings (SSSR count). The van der Waals surface area contributed by atoms with Gasteiger partial charge in [-0.1, -0.05) is 50.2 Å². The Bertz CT molecular complexity index is 1280. The van der Waals surface area contributed by atoms with Gasteiger partial charge in [0, 0.05) is 17.7 Å². The molecule has 0 amide bonds. The highest BCUT2D eigenvalue weighted by Crippen LogP contribution is 2.46. The van der Waals surface area contributed by atoms with E-state index in [1.54, 1.807) is 74.5 Å². The first-order valence-electron chi connectivity index (χ1n) is 10.7. The number of esters is 2. The summed E-state index contributed by atoms with van der Waals surface area (Å²) < 4.78 is 18.6. The Kier molecular flexibility index (Phi) is 6.47. The zero-order chi connectivity index (χ0) is 24.3. The molecule has 9 heteroatoms. The summed E-state index contributed by atoms with van der Waals surface area (Å²) in [5.74, 6) is -1.13. The summed E-state index contributed by atoms with van der Waals surface area (Å²) in [6, 6.07) is 18.1. The van der Waals surface area contributed by atoms with Gasteiger partial charge in [-0.25, -0.2) is 14.4 Å². The van der Waals surface area contributed by atoms with Crippen LogP contribution in [0.1, 0.15) is 40.8 Å². The molecule has 0 unspecified atom stereocenters. The molecule has 0 saturated carbocycles. The van der Waals surface area contributed by atoms with E-state index in [9.17, 15) is 19.2 Å². The lowest BCUT2D eigenvalue weighted by atomic mass is 9.84. The Morgan fingerprint density at radius 1 is 0.941 bits per heavy atom. The molecule has 176 valence electrons. The fourth-order valence-electron chi connectivity index (χ4n) is 4.00. The van der Waals surface area contributed by atoms with E-state index in [1.807, 2.05) is 0 Å². The minimum absolute atomic E-state index is 0.210. The molecular formula is C25H24N2O7. The van der Waals surface area contributed by atoms with E-state index in [-0.39, 0.29) is 6.61 Å². The van der Waals surface area contributed by atoms with Gasteiger partial charge in [0.15, 0.2) is 0 Å². The van der Waals surface area contributed by atoms with Gasteiger partial charge < -0.3 is 14.2 Å². The summed E-state index contributed by atoms with van der Waals surface area (Å²) in [6.45, 7) is 3.34. The van der Waals surface area contributed by atoms with Crippen molar-refractivity contribution in [2.24, 2.45) is 5.41 Å². The molecule has 1 saturated heterocycles. The normalized spacial score (nSPS) is 21.1. The number of aromatic nitrogens is 2. The van der Waals surface area contributed by atoms with Crippen molar-refractivity contribution in [3.05, 3.63) is 105 Å². The SMILES string of the molecule is CC1(C)[C@H](OC(=O)c2ccccc2)[C@@H](COC(=O)c2ccccc2)O[C@H]1n1ccc(=O)[nH]c1=O. The van der Waals surface area contributed by atoms with Crippen molar-refractivity contribution in [3.63, 3.8) is 0 Å². The number of ether oxygens (including phenoxy) is 3. The van der Waals surface area contributed by atoms with Gasteiger partial charge in [0.25, 0.3) is 5.56 Å². The molecule has 0 bridgehead atoms. The van der Waals surface area contributed by atoms with E-state index in [0.29, 0.717) is 11.1 Å². The number of H-pyrrole nitrogens is 1. The van der Waals surface area contributed by atoms with Gasteiger partial charge in [0.2, 0.25) is 0 Å². The molecule has 0 aliphatic carbocycles. The van der Waals surface area contributed by atoms with E-state index in [0.717, 1.165) is 0 Å². The lowest BCUT2D eigenvalue weighted by Gasteiger charge is -2.31. The minimum atomic E-state index is -0.920. The average Bonchev–Trinajstić information content (AvgIpc) is 3.08. The number of carbonyl (C=O) groups is 2. The molecule has 1 N–H and O–H groups in total. The topological polar surface area (TPSA) is 117 Å². The molecule has 3 atom stereocenters. The van der Waals surface area contributed by atoms with E-state index in [1.165, 1.54) is 16.8 Å². The minimum Gasteiger partial charge on any atom is -0.459 e. The lowest BCUT2D eigenvalue weighted by molar-refractivity contribution is -0.0607. The van der Waals surface area contributed by atoms with Crippen LogP contribution < -0.4 is 11.2 Å². The van der Waals surface area contributed by atoms with Crippen molar-refractivity contribution in [1.82, 2.24) is 9.55 Å². The number of rotatable bonds is 6. The summed E-state index contributed by atoms with van der Waals surface area (Å²) >= 11 is 0. The number of hydrogen-bond donors (Lipinski definition) is 1. The predicted molar refractivity (Wildman–Crippen MR) is 121 cm³/mol. The van der Waals surface area contributed by atoms with Crippen molar-refractivity contribution in [1.29, 1.82) is 0 Å². The molecule has 9 nitrogen and oxygen atoms in total. The number of carbonyl (C=O) groups excluding carboxylic acids is 2. The second kappa shape index (κ2) is 9.48. The summed E-state index contributed by atoms with van der Waals surface area (Å²) in [7, 11) is 0. The highest BCUT2D eigenvalue weighted by Gasteiger charge is 2.54. The van der Waals surface area contributed by atoms with Crippen molar-refractivity contribution < 1.29 is 23.8 Å². The number of benzene rings is 2. The highest BCUT2D eigenvalue weighted by molar-refractivity contribution is 5.90. The first-order valence-corrected chi connectivity index (χ1v) is 10.7. The third-order valence-corrected chi connectivity index (χ3v) is 5.75. The Labute approximate surface area is 194 Å². The molecule has 2 heterocycles. The van der Waals surface area contributed by atoms with Crippen molar-refractivity contribution in [2.75, 3.05) is 6.61 Å². The molecule has 2 aromatic carbocycles. The first kappa shape index (κ1) is 23.2. The molecule has 3 aromatic rings. The lowest BCUT2D eigenvalue weighted by Crippen LogP contribution is -2.42. The van der Waals surface area contributed by atoms with Crippen molar-refractivity contribution in [3.8, 4) is 0 Å². The molecular weight excluding hydrogens is 440 g/mol. The van der Waals surface area contributed by atoms with E-state index in [4.69, 9.17) is 14.2 Å². The summed E-state index contributed by atoms with van der Waals surface area (Å²) in [4.78, 5) is 51.5. The Morgan fingerprint density at radius 3 is 2.12 bits per heavy atom. The molecule has 1 fully saturated rings. The van der Waals surface area contributed by atoms with E-state index >= 15 is 0 Å². The molecule has 0 radical (unpaired) electrons. The monoisotopic (exact) mass is 464 g/mol. The zero-order valence-electron chi connectivity index (χ0n) is 18.7. The van der Waals surface area contributed by atoms with Crippen LogP contribution in [0.25, 0.3) is 0 Å². The Morgan fingerprint density at radius 2 is 1.53 bits per heavy atom. The molecule has 1 aliphatic heterocycles. The van der Waals surface area contributed by atoms with Gasteiger partial charge >= 0.3 is 17.6 Å². The van der Waals surface area contributed by atoms with E-state index in [2.05, 4.69) is 4.98 Å². The Hall–Kier alpha value is -3.98. The van der Waals surface area contributed by atoms with Crippen LogP contribution >= 0.6 is 0 Å². The summed E-state index contributed by atoms with van der Waals surface area (Å²) in [6.07, 6.45) is -1.31. The molecule has 0 spiro atoms. The predicted octanol–water partition coefficient (Wildman–Crippen LogP) is 2.54. The van der Waals surface area contributed by atoms with Gasteiger partial charge in [-0.15, -0.1) is 0 Å². The third kappa shape index (κ3) is 4.69. The van der Waals surface area contributed by atoms with Crippen molar-refractivity contribution >= 4 is 11.9 Å². The van der Waals surface area contributed by atoms with Crippen LogP contribution in [0.5, 0.6) is 0 Å². The Balaban J connectivity index is 1.62. The van der Waals surface area contributed by atoms with Gasteiger partial charge in [0.05, 0.1) is 11.1 Å². The maximum absolute atomic E-state index is 12.8. The first-order chi connectivity index (χ1) is 16.3. The van der Waals surface area contributed by atoms with Crippen LogP contribution in [0.2, 0.25) is 0 Å². The summed E-state index contributed by atoms with van der Waals surface area (Å²) in [5.41, 5.74) is -1.41. The fourth-order valence-corrected chi connectivity index (χ4v) is 4.00. The second-order valence-electron chi connectivity index (χ2n) is 8.52.